The van der Waals surface area contributed by atoms with Gasteiger partial charge in [-0.3, -0.25) is 0 Å². The largest absolute Gasteiger partial charge is 0.461 e. The number of carbonyl (C=O) groups is 1. The number of hydrogen-bond donors (Lipinski definition) is 1. The molecule has 0 saturated heterocycles. The van der Waals surface area contributed by atoms with Crippen molar-refractivity contribution in [2.75, 3.05) is 12.3 Å². The van der Waals surface area contributed by atoms with Crippen LogP contribution in [0, 0.1) is 0 Å². The summed E-state index contributed by atoms with van der Waals surface area (Å²) in [6, 6.07) is 8.74. The van der Waals surface area contributed by atoms with E-state index in [9.17, 15) is 13.2 Å². The summed E-state index contributed by atoms with van der Waals surface area (Å²) in [5, 5.41) is 0. The fourth-order valence-corrected chi connectivity index (χ4v) is 3.11. The van der Waals surface area contributed by atoms with Gasteiger partial charge in [0.2, 0.25) is 0 Å². The molecule has 0 radical (unpaired) electrons. The summed E-state index contributed by atoms with van der Waals surface area (Å²) in [6.07, 6.45) is 1.30. The van der Waals surface area contributed by atoms with Crippen LogP contribution in [0.15, 0.2) is 47.5 Å². The molecule has 6 nitrogen and oxygen atoms in total. The van der Waals surface area contributed by atoms with Gasteiger partial charge < -0.3 is 10.5 Å². The number of benzene rings is 1. The number of ether oxygens (including phenoxy) is 1. The predicted molar refractivity (Wildman–Crippen MR) is 73.8 cm³/mol. The molecule has 0 aliphatic heterocycles. The van der Waals surface area contributed by atoms with Gasteiger partial charge in [0, 0.05) is 11.9 Å². The molecule has 0 aliphatic carbocycles. The van der Waals surface area contributed by atoms with Gasteiger partial charge in [0.25, 0.3) is 10.0 Å². The van der Waals surface area contributed by atoms with Crippen LogP contribution in [-0.2, 0) is 14.8 Å². The minimum Gasteiger partial charge on any atom is -0.461 e. The molecule has 0 fully saturated rings. The molecule has 0 aliphatic rings. The smallest absolute Gasteiger partial charge is 0.355 e. The topological polar surface area (TPSA) is 91.4 Å². The van der Waals surface area contributed by atoms with Gasteiger partial charge in [0.15, 0.2) is 0 Å². The van der Waals surface area contributed by atoms with Crippen LogP contribution in [0.3, 0.4) is 0 Å². The highest BCUT2D eigenvalue weighted by Crippen LogP contribution is 2.19. The molecule has 0 saturated carbocycles. The van der Waals surface area contributed by atoms with Gasteiger partial charge >= 0.3 is 5.97 Å². The first-order valence-corrected chi connectivity index (χ1v) is 7.36. The third-order valence-electron chi connectivity index (χ3n) is 2.61. The van der Waals surface area contributed by atoms with E-state index >= 15 is 0 Å². The Morgan fingerprint density at radius 2 is 2.05 bits per heavy atom. The number of rotatable bonds is 4. The van der Waals surface area contributed by atoms with E-state index in [2.05, 4.69) is 0 Å². The Bertz CT molecular complexity index is 734. The minimum absolute atomic E-state index is 0.0132. The molecule has 2 rings (SSSR count). The molecule has 0 unspecified atom stereocenters. The molecule has 1 aromatic heterocycles. The number of nitrogen functional groups attached to an aromatic ring is 1. The maximum Gasteiger partial charge on any atom is 0.355 e. The van der Waals surface area contributed by atoms with Crippen LogP contribution in [-0.4, -0.2) is 25.0 Å². The molecule has 0 spiro atoms. The Morgan fingerprint density at radius 1 is 1.30 bits per heavy atom. The van der Waals surface area contributed by atoms with Crippen molar-refractivity contribution in [3.05, 3.63) is 48.3 Å². The molecule has 2 aromatic rings. The second-order valence-electron chi connectivity index (χ2n) is 3.99. The average Bonchev–Trinajstić information content (AvgIpc) is 2.89. The normalized spacial score (nSPS) is 11.2. The van der Waals surface area contributed by atoms with Gasteiger partial charge in [0.05, 0.1) is 11.5 Å². The van der Waals surface area contributed by atoms with E-state index in [1.807, 2.05) is 0 Å². The summed E-state index contributed by atoms with van der Waals surface area (Å²) < 4.78 is 30.7. The fourth-order valence-electron chi connectivity index (χ4n) is 1.73. The van der Waals surface area contributed by atoms with Crippen LogP contribution < -0.4 is 5.73 Å². The highest BCUT2D eigenvalue weighted by Gasteiger charge is 2.23. The van der Waals surface area contributed by atoms with Crippen molar-refractivity contribution in [2.45, 2.75) is 11.8 Å². The standard InChI is InChI=1S/C13H14N2O4S/c1-2-19-13(16)12-7-4-8-15(12)20(17,18)11-6-3-5-10(14)9-11/h3-9H,2,14H2,1H3. The Balaban J connectivity index is 2.51. The van der Waals surface area contributed by atoms with Crippen molar-refractivity contribution in [3.63, 3.8) is 0 Å². The third kappa shape index (κ3) is 2.53. The zero-order valence-electron chi connectivity index (χ0n) is 10.8. The van der Waals surface area contributed by atoms with Crippen LogP contribution >= 0.6 is 0 Å². The Morgan fingerprint density at radius 3 is 2.70 bits per heavy atom. The van der Waals surface area contributed by atoms with E-state index in [-0.39, 0.29) is 17.2 Å². The first kappa shape index (κ1) is 14.1. The van der Waals surface area contributed by atoms with Gasteiger partial charge in [-0.25, -0.2) is 17.2 Å². The quantitative estimate of drug-likeness (QED) is 0.681. The summed E-state index contributed by atoms with van der Waals surface area (Å²) in [7, 11) is -3.88. The van der Waals surface area contributed by atoms with E-state index < -0.39 is 16.0 Å². The van der Waals surface area contributed by atoms with E-state index in [0.717, 1.165) is 3.97 Å². The van der Waals surface area contributed by atoms with E-state index in [1.54, 1.807) is 13.0 Å². The van der Waals surface area contributed by atoms with Crippen LogP contribution in [0.4, 0.5) is 5.69 Å². The second-order valence-corrected chi connectivity index (χ2v) is 5.80. The van der Waals surface area contributed by atoms with Crippen LogP contribution in [0.5, 0.6) is 0 Å². The number of carbonyl (C=O) groups excluding carboxylic acids is 1. The summed E-state index contributed by atoms with van der Waals surface area (Å²) in [6.45, 7) is 1.82. The molecule has 106 valence electrons. The number of hydrogen-bond acceptors (Lipinski definition) is 5. The number of aromatic nitrogens is 1. The molecule has 2 N–H and O–H groups in total. The molecule has 0 atom stereocenters. The Labute approximate surface area is 116 Å². The van der Waals surface area contributed by atoms with E-state index in [1.165, 1.54) is 36.5 Å². The summed E-state index contributed by atoms with van der Waals surface area (Å²) >= 11 is 0. The number of nitrogens with zero attached hydrogens (tertiary/aromatic N) is 1. The lowest BCUT2D eigenvalue weighted by atomic mass is 10.3. The Hall–Kier alpha value is -2.28. The maximum atomic E-state index is 12.5. The molecule has 20 heavy (non-hydrogen) atoms. The van der Waals surface area contributed by atoms with Crippen LogP contribution in [0.25, 0.3) is 0 Å². The van der Waals surface area contributed by atoms with Gasteiger partial charge in [-0.05, 0) is 37.3 Å². The maximum absolute atomic E-state index is 12.5. The third-order valence-corrected chi connectivity index (χ3v) is 4.30. The first-order chi connectivity index (χ1) is 9.46. The lowest BCUT2D eigenvalue weighted by molar-refractivity contribution is 0.0518. The lowest BCUT2D eigenvalue weighted by Crippen LogP contribution is -2.19. The fraction of sp³-hybridized carbons (Fsp3) is 0.154. The Kier molecular flexibility index (Phi) is 3.80. The van der Waals surface area contributed by atoms with Gasteiger partial charge in [-0.1, -0.05) is 6.07 Å². The molecule has 1 heterocycles. The van der Waals surface area contributed by atoms with Gasteiger partial charge in [0.1, 0.15) is 5.69 Å². The zero-order valence-corrected chi connectivity index (χ0v) is 11.6. The van der Waals surface area contributed by atoms with Gasteiger partial charge in [-0.2, -0.15) is 0 Å². The monoisotopic (exact) mass is 294 g/mol. The van der Waals surface area contributed by atoms with Crippen LogP contribution in [0.1, 0.15) is 17.4 Å². The highest BCUT2D eigenvalue weighted by molar-refractivity contribution is 7.90. The number of nitrogens with two attached hydrogens (primary N) is 1. The minimum atomic E-state index is -3.88. The van der Waals surface area contributed by atoms with Crippen molar-refractivity contribution >= 4 is 21.7 Å². The summed E-state index contributed by atoms with van der Waals surface area (Å²) in [4.78, 5) is 11.8. The summed E-state index contributed by atoms with van der Waals surface area (Å²) in [5.74, 6) is -0.690. The van der Waals surface area contributed by atoms with Crippen molar-refractivity contribution in [3.8, 4) is 0 Å². The van der Waals surface area contributed by atoms with Crippen LogP contribution in [0.2, 0.25) is 0 Å². The average molecular weight is 294 g/mol. The number of anilines is 1. The van der Waals surface area contributed by atoms with Crippen molar-refractivity contribution in [2.24, 2.45) is 0 Å². The highest BCUT2D eigenvalue weighted by atomic mass is 32.2. The van der Waals surface area contributed by atoms with Crippen molar-refractivity contribution in [1.29, 1.82) is 0 Å². The molecule has 0 amide bonds. The van der Waals surface area contributed by atoms with Crippen molar-refractivity contribution < 1.29 is 17.9 Å². The molecular weight excluding hydrogens is 280 g/mol. The SMILES string of the molecule is CCOC(=O)c1cccn1S(=O)(=O)c1cccc(N)c1. The van der Waals surface area contributed by atoms with Crippen molar-refractivity contribution in [1.82, 2.24) is 3.97 Å². The molecule has 1 aromatic carbocycles. The lowest BCUT2D eigenvalue weighted by Gasteiger charge is -2.10. The second kappa shape index (κ2) is 5.38. The zero-order chi connectivity index (χ0) is 14.8. The van der Waals surface area contributed by atoms with Gasteiger partial charge in [-0.15, -0.1) is 0 Å². The molecule has 0 bridgehead atoms. The van der Waals surface area contributed by atoms with E-state index in [4.69, 9.17) is 10.5 Å². The first-order valence-electron chi connectivity index (χ1n) is 5.92. The summed E-state index contributed by atoms with van der Waals surface area (Å²) in [5.41, 5.74) is 5.87. The number of esters is 1. The van der Waals surface area contributed by atoms with E-state index in [0.29, 0.717) is 5.69 Å². The molecule has 7 heteroatoms. The molecular formula is C13H14N2O4S. The predicted octanol–water partition coefficient (Wildman–Crippen LogP) is 1.48.